The number of rotatable bonds is 6. The van der Waals surface area contributed by atoms with Gasteiger partial charge < -0.3 is 9.84 Å². The summed E-state index contributed by atoms with van der Waals surface area (Å²) in [6, 6.07) is 8.86. The summed E-state index contributed by atoms with van der Waals surface area (Å²) in [4.78, 5) is 22.4. The number of aryl methyl sites for hydroxylation is 1. The number of benzene rings is 2. The summed E-state index contributed by atoms with van der Waals surface area (Å²) < 4.78 is 32.3. The van der Waals surface area contributed by atoms with Crippen molar-refractivity contribution >= 4 is 44.8 Å². The minimum Gasteiger partial charge on any atom is -0.337 e. The molecule has 0 saturated heterocycles. The van der Waals surface area contributed by atoms with Crippen molar-refractivity contribution < 1.29 is 22.7 Å². The zero-order chi connectivity index (χ0) is 22.1. The molecule has 0 atom stereocenters. The fourth-order valence-electron chi connectivity index (χ4n) is 2.41. The number of anilines is 2. The highest BCUT2D eigenvalue weighted by Gasteiger charge is 2.20. The third-order valence-electron chi connectivity index (χ3n) is 4.21. The number of carbonyl (C=O) groups excluding carboxylic acids is 1. The van der Waals surface area contributed by atoms with Gasteiger partial charge in [-0.25, -0.2) is 13.1 Å². The molecule has 1 heterocycles. The molecule has 12 heteroatoms. The van der Waals surface area contributed by atoms with Crippen LogP contribution in [0.1, 0.15) is 21.6 Å². The van der Waals surface area contributed by atoms with Gasteiger partial charge in [0, 0.05) is 23.4 Å². The van der Waals surface area contributed by atoms with E-state index in [0.717, 1.165) is 12.1 Å². The summed E-state index contributed by atoms with van der Waals surface area (Å²) in [7, 11) is -3.92. The van der Waals surface area contributed by atoms with Gasteiger partial charge in [-0.2, -0.15) is 0 Å². The first kappa shape index (κ1) is 21.3. The maximum absolute atomic E-state index is 12.5. The second kappa shape index (κ2) is 8.13. The lowest BCUT2D eigenvalue weighted by molar-refractivity contribution is -0.384. The van der Waals surface area contributed by atoms with Crippen LogP contribution in [-0.4, -0.2) is 24.4 Å². The number of hydrogen-bond acceptors (Lipinski definition) is 7. The third kappa shape index (κ3) is 4.42. The molecule has 0 fully saturated rings. The largest absolute Gasteiger partial charge is 0.337 e. The van der Waals surface area contributed by atoms with Crippen molar-refractivity contribution in [1.29, 1.82) is 0 Å². The molecule has 1 amide bonds. The van der Waals surface area contributed by atoms with E-state index in [0.29, 0.717) is 16.9 Å². The maximum Gasteiger partial charge on any atom is 0.270 e. The zero-order valence-electron chi connectivity index (χ0n) is 15.7. The van der Waals surface area contributed by atoms with Crippen LogP contribution in [0.15, 0.2) is 51.9 Å². The highest BCUT2D eigenvalue weighted by Crippen LogP contribution is 2.25. The van der Waals surface area contributed by atoms with Gasteiger partial charge in [-0.05, 0) is 44.2 Å². The van der Waals surface area contributed by atoms with E-state index < -0.39 is 20.9 Å². The van der Waals surface area contributed by atoms with Crippen LogP contribution in [0.25, 0.3) is 0 Å². The van der Waals surface area contributed by atoms with Gasteiger partial charge in [0.15, 0.2) is 0 Å². The number of aromatic nitrogens is 1. The van der Waals surface area contributed by atoms with Crippen LogP contribution < -0.4 is 10.0 Å². The molecule has 2 aromatic carbocycles. The number of sulfonamides is 1. The van der Waals surface area contributed by atoms with Crippen LogP contribution in [0.4, 0.5) is 17.3 Å². The molecular weight excluding hydrogens is 436 g/mol. The first-order valence-corrected chi connectivity index (χ1v) is 10.3. The van der Waals surface area contributed by atoms with Crippen molar-refractivity contribution in [2.75, 3.05) is 10.0 Å². The lowest BCUT2D eigenvalue weighted by Crippen LogP contribution is -2.14. The molecule has 0 aliphatic rings. The monoisotopic (exact) mass is 450 g/mol. The SMILES string of the molecule is Cc1noc(NS(=O)(=O)c2ccc(NC(=O)c3ccc([N+](=O)[O-])cc3Cl)cc2)c1C. The van der Waals surface area contributed by atoms with E-state index in [1.54, 1.807) is 13.8 Å². The number of hydrogen-bond donors (Lipinski definition) is 2. The summed E-state index contributed by atoms with van der Waals surface area (Å²) in [5.41, 5.74) is 1.24. The second-order valence-electron chi connectivity index (χ2n) is 6.23. The molecule has 0 radical (unpaired) electrons. The highest BCUT2D eigenvalue weighted by atomic mass is 35.5. The predicted octanol–water partition coefficient (Wildman–Crippen LogP) is 3.91. The predicted molar refractivity (Wildman–Crippen MR) is 109 cm³/mol. The number of nitro benzene ring substituents is 1. The average Bonchev–Trinajstić information content (AvgIpc) is 2.99. The van der Waals surface area contributed by atoms with Gasteiger partial charge in [-0.1, -0.05) is 16.8 Å². The summed E-state index contributed by atoms with van der Waals surface area (Å²) in [6.45, 7) is 3.36. The zero-order valence-corrected chi connectivity index (χ0v) is 17.2. The summed E-state index contributed by atoms with van der Waals surface area (Å²) in [5, 5.41) is 16.9. The molecule has 0 unspecified atom stereocenters. The molecule has 3 rings (SSSR count). The summed E-state index contributed by atoms with van der Waals surface area (Å²) >= 11 is 5.94. The Labute approximate surface area is 176 Å². The molecule has 156 valence electrons. The molecular formula is C18H15ClN4O6S. The van der Waals surface area contributed by atoms with E-state index in [9.17, 15) is 23.3 Å². The van der Waals surface area contributed by atoms with E-state index in [1.165, 1.54) is 30.3 Å². The van der Waals surface area contributed by atoms with Gasteiger partial charge in [0.1, 0.15) is 0 Å². The van der Waals surface area contributed by atoms with Crippen LogP contribution >= 0.6 is 11.6 Å². The summed E-state index contributed by atoms with van der Waals surface area (Å²) in [6.07, 6.45) is 0. The minimum absolute atomic E-state index is 0.0256. The van der Waals surface area contributed by atoms with Crippen molar-refractivity contribution in [3.63, 3.8) is 0 Å². The van der Waals surface area contributed by atoms with E-state index in [-0.39, 0.29) is 27.1 Å². The van der Waals surface area contributed by atoms with Gasteiger partial charge in [0.25, 0.3) is 21.6 Å². The Morgan fingerprint density at radius 3 is 2.37 bits per heavy atom. The lowest BCUT2D eigenvalue weighted by atomic mass is 10.2. The Morgan fingerprint density at radius 1 is 1.17 bits per heavy atom. The number of nitrogens with zero attached hydrogens (tertiary/aromatic N) is 2. The molecule has 0 aliphatic carbocycles. The number of non-ortho nitro benzene ring substituents is 1. The quantitative estimate of drug-likeness (QED) is 0.427. The van der Waals surface area contributed by atoms with Crippen LogP contribution in [-0.2, 0) is 10.0 Å². The Kier molecular flexibility index (Phi) is 5.76. The van der Waals surface area contributed by atoms with Gasteiger partial charge >= 0.3 is 0 Å². The molecule has 0 aliphatic heterocycles. The van der Waals surface area contributed by atoms with Crippen molar-refractivity contribution in [2.24, 2.45) is 0 Å². The topological polar surface area (TPSA) is 144 Å². The lowest BCUT2D eigenvalue weighted by Gasteiger charge is -2.09. The Morgan fingerprint density at radius 2 is 1.83 bits per heavy atom. The highest BCUT2D eigenvalue weighted by molar-refractivity contribution is 7.92. The van der Waals surface area contributed by atoms with Crippen LogP contribution in [0.5, 0.6) is 0 Å². The van der Waals surface area contributed by atoms with E-state index >= 15 is 0 Å². The van der Waals surface area contributed by atoms with Crippen LogP contribution in [0.3, 0.4) is 0 Å². The van der Waals surface area contributed by atoms with Gasteiger partial charge in [0.05, 0.1) is 26.1 Å². The van der Waals surface area contributed by atoms with Gasteiger partial charge in [-0.15, -0.1) is 0 Å². The number of halogens is 1. The maximum atomic E-state index is 12.5. The number of carbonyl (C=O) groups is 1. The summed E-state index contributed by atoms with van der Waals surface area (Å²) in [5.74, 6) is -0.575. The van der Waals surface area contributed by atoms with Gasteiger partial charge in [0.2, 0.25) is 5.88 Å². The standard InChI is InChI=1S/C18H15ClN4O6S/c1-10-11(2)21-29-18(10)22-30(27,28)14-6-3-12(4-7-14)20-17(24)15-8-5-13(23(25)26)9-16(15)19/h3-9,22H,1-2H3,(H,20,24). The molecule has 10 nitrogen and oxygen atoms in total. The number of nitrogens with one attached hydrogen (secondary N) is 2. The van der Waals surface area contributed by atoms with Crippen LogP contribution in [0, 0.1) is 24.0 Å². The molecule has 0 spiro atoms. The third-order valence-corrected chi connectivity index (χ3v) is 5.87. The molecule has 30 heavy (non-hydrogen) atoms. The van der Waals surface area contributed by atoms with Crippen molar-refractivity contribution in [2.45, 2.75) is 18.7 Å². The van der Waals surface area contributed by atoms with Crippen LogP contribution in [0.2, 0.25) is 5.02 Å². The molecule has 1 aromatic heterocycles. The van der Waals surface area contributed by atoms with Crippen molar-refractivity contribution in [3.8, 4) is 0 Å². The van der Waals surface area contributed by atoms with Gasteiger partial charge in [-0.3, -0.25) is 14.9 Å². The Balaban J connectivity index is 1.75. The first-order valence-electron chi connectivity index (χ1n) is 8.39. The normalized spacial score (nSPS) is 11.2. The molecule has 2 N–H and O–H groups in total. The molecule has 0 saturated carbocycles. The van der Waals surface area contributed by atoms with E-state index in [1.807, 2.05) is 0 Å². The fraction of sp³-hybridized carbons (Fsp3) is 0.111. The Hall–Kier alpha value is -3.44. The smallest absolute Gasteiger partial charge is 0.270 e. The first-order chi connectivity index (χ1) is 14.1. The molecule has 3 aromatic rings. The second-order valence-corrected chi connectivity index (χ2v) is 8.32. The molecule has 0 bridgehead atoms. The Bertz CT molecular complexity index is 1240. The number of amides is 1. The average molecular weight is 451 g/mol. The minimum atomic E-state index is -3.92. The van der Waals surface area contributed by atoms with E-state index in [4.69, 9.17) is 16.1 Å². The van der Waals surface area contributed by atoms with Crippen molar-refractivity contribution in [1.82, 2.24) is 5.16 Å². The fourth-order valence-corrected chi connectivity index (χ4v) is 3.72. The van der Waals surface area contributed by atoms with E-state index in [2.05, 4.69) is 15.2 Å². The van der Waals surface area contributed by atoms with Crippen molar-refractivity contribution in [3.05, 3.63) is 74.4 Å². The number of nitro groups is 1.